The van der Waals surface area contributed by atoms with Gasteiger partial charge in [-0.2, -0.15) is 0 Å². The maximum absolute atomic E-state index is 12.4. The van der Waals surface area contributed by atoms with Crippen molar-refractivity contribution in [3.05, 3.63) is 71.8 Å². The van der Waals surface area contributed by atoms with E-state index in [0.717, 1.165) is 22.7 Å². The molecule has 7 nitrogen and oxygen atoms in total. The van der Waals surface area contributed by atoms with E-state index in [0.29, 0.717) is 23.6 Å². The molecule has 0 bridgehead atoms. The lowest BCUT2D eigenvalue weighted by atomic mass is 10.2. The Morgan fingerprint density at radius 1 is 1.19 bits per heavy atom. The number of nitrogens with zero attached hydrogens (tertiary/aromatic N) is 4. The van der Waals surface area contributed by atoms with Crippen LogP contribution in [0.15, 0.2) is 53.3 Å². The number of carbonyl (C=O) groups excluding carboxylic acids is 1. The Balaban J connectivity index is 1.44. The lowest BCUT2D eigenvalue weighted by molar-refractivity contribution is 0.0951. The van der Waals surface area contributed by atoms with Crippen LogP contribution in [0.5, 0.6) is 0 Å². The van der Waals surface area contributed by atoms with Crippen molar-refractivity contribution in [1.82, 2.24) is 24.8 Å². The van der Waals surface area contributed by atoms with Crippen molar-refractivity contribution in [2.24, 2.45) is 0 Å². The molecule has 1 aromatic carbocycles. The van der Waals surface area contributed by atoms with E-state index in [-0.39, 0.29) is 5.91 Å². The average molecular weight is 347 g/mol. The zero-order chi connectivity index (χ0) is 18.1. The van der Waals surface area contributed by atoms with Crippen LogP contribution in [0.3, 0.4) is 0 Å². The summed E-state index contributed by atoms with van der Waals surface area (Å²) in [6, 6.07) is 9.06. The Morgan fingerprint density at radius 3 is 2.81 bits per heavy atom. The molecule has 0 aliphatic carbocycles. The summed E-state index contributed by atoms with van der Waals surface area (Å²) in [6.45, 7) is 4.09. The van der Waals surface area contributed by atoms with Crippen LogP contribution in [0.4, 0.5) is 0 Å². The van der Waals surface area contributed by atoms with E-state index in [1.807, 2.05) is 29.8 Å². The number of amides is 1. The van der Waals surface area contributed by atoms with Gasteiger partial charge >= 0.3 is 0 Å². The summed E-state index contributed by atoms with van der Waals surface area (Å²) >= 11 is 0. The van der Waals surface area contributed by atoms with Crippen LogP contribution in [0, 0.1) is 13.8 Å². The van der Waals surface area contributed by atoms with Gasteiger partial charge in [-0.25, -0.2) is 15.0 Å². The fourth-order valence-corrected chi connectivity index (χ4v) is 2.75. The second-order valence-corrected chi connectivity index (χ2v) is 5.97. The van der Waals surface area contributed by atoms with Gasteiger partial charge in [-0.05, 0) is 36.8 Å². The molecule has 0 aliphatic rings. The SMILES string of the molecule is Cc1nc2ccc(C(=O)NCc3ccc(-n4ccnc4C)nc3)cc2o1. The van der Waals surface area contributed by atoms with E-state index in [1.165, 1.54) is 0 Å². The van der Waals surface area contributed by atoms with E-state index in [4.69, 9.17) is 4.42 Å². The van der Waals surface area contributed by atoms with Crippen molar-refractivity contribution in [1.29, 1.82) is 0 Å². The van der Waals surface area contributed by atoms with Crippen LogP contribution in [-0.4, -0.2) is 25.4 Å². The Morgan fingerprint density at radius 2 is 2.08 bits per heavy atom. The smallest absolute Gasteiger partial charge is 0.251 e. The normalized spacial score (nSPS) is 11.0. The van der Waals surface area contributed by atoms with Gasteiger partial charge in [-0.1, -0.05) is 6.07 Å². The summed E-state index contributed by atoms with van der Waals surface area (Å²) in [5.41, 5.74) is 2.80. The molecule has 4 aromatic rings. The molecule has 0 unspecified atom stereocenters. The molecule has 0 fully saturated rings. The first-order valence-electron chi connectivity index (χ1n) is 8.21. The molecule has 0 aliphatic heterocycles. The second kappa shape index (κ2) is 6.44. The molecule has 0 atom stereocenters. The van der Waals surface area contributed by atoms with E-state index in [2.05, 4.69) is 20.3 Å². The van der Waals surface area contributed by atoms with Gasteiger partial charge in [-0.15, -0.1) is 0 Å². The third-order valence-electron chi connectivity index (χ3n) is 4.09. The lowest BCUT2D eigenvalue weighted by Gasteiger charge is -2.07. The van der Waals surface area contributed by atoms with Crippen LogP contribution in [0.2, 0.25) is 0 Å². The monoisotopic (exact) mass is 347 g/mol. The Labute approximate surface area is 149 Å². The van der Waals surface area contributed by atoms with Gasteiger partial charge in [0.25, 0.3) is 5.91 Å². The van der Waals surface area contributed by atoms with Crippen LogP contribution in [0.25, 0.3) is 16.9 Å². The van der Waals surface area contributed by atoms with Crippen molar-refractivity contribution in [2.45, 2.75) is 20.4 Å². The topological polar surface area (TPSA) is 85.8 Å². The van der Waals surface area contributed by atoms with Crippen molar-refractivity contribution in [3.63, 3.8) is 0 Å². The van der Waals surface area contributed by atoms with E-state index in [1.54, 1.807) is 37.5 Å². The average Bonchev–Trinajstić information content (AvgIpc) is 3.23. The molecule has 7 heteroatoms. The van der Waals surface area contributed by atoms with Crippen LogP contribution in [0.1, 0.15) is 27.6 Å². The highest BCUT2D eigenvalue weighted by Crippen LogP contribution is 2.17. The van der Waals surface area contributed by atoms with Crippen LogP contribution >= 0.6 is 0 Å². The number of pyridine rings is 1. The first kappa shape index (κ1) is 16.0. The van der Waals surface area contributed by atoms with E-state index < -0.39 is 0 Å². The standard InChI is InChI=1S/C19H17N5O2/c1-12-20-7-8-24(12)18-6-3-14(10-21-18)11-22-19(25)15-4-5-16-17(9-15)26-13(2)23-16/h3-10H,11H2,1-2H3,(H,22,25). The number of hydrogen-bond donors (Lipinski definition) is 1. The third kappa shape index (κ3) is 3.06. The van der Waals surface area contributed by atoms with E-state index >= 15 is 0 Å². The quantitative estimate of drug-likeness (QED) is 0.613. The second-order valence-electron chi connectivity index (χ2n) is 5.97. The van der Waals surface area contributed by atoms with Gasteiger partial charge in [0.05, 0.1) is 0 Å². The fraction of sp³-hybridized carbons (Fsp3) is 0.158. The number of nitrogens with one attached hydrogen (secondary N) is 1. The maximum atomic E-state index is 12.4. The molecule has 0 radical (unpaired) electrons. The number of rotatable bonds is 4. The maximum Gasteiger partial charge on any atom is 0.251 e. The van der Waals surface area contributed by atoms with Crippen molar-refractivity contribution in [2.75, 3.05) is 0 Å². The summed E-state index contributed by atoms with van der Waals surface area (Å²) in [5, 5.41) is 2.89. The molecule has 0 spiro atoms. The first-order valence-corrected chi connectivity index (χ1v) is 8.21. The highest BCUT2D eigenvalue weighted by atomic mass is 16.3. The Bertz CT molecular complexity index is 1080. The molecule has 0 saturated heterocycles. The Hall–Kier alpha value is -3.48. The molecular formula is C19H17N5O2. The van der Waals surface area contributed by atoms with E-state index in [9.17, 15) is 4.79 Å². The van der Waals surface area contributed by atoms with Crippen molar-refractivity contribution >= 4 is 17.0 Å². The lowest BCUT2D eigenvalue weighted by Crippen LogP contribution is -2.22. The Kier molecular flexibility index (Phi) is 3.96. The number of oxazole rings is 1. The molecule has 1 N–H and O–H groups in total. The number of aryl methyl sites for hydroxylation is 2. The summed E-state index contributed by atoms with van der Waals surface area (Å²) < 4.78 is 7.37. The van der Waals surface area contributed by atoms with Gasteiger partial charge in [0.15, 0.2) is 11.5 Å². The van der Waals surface area contributed by atoms with Crippen LogP contribution < -0.4 is 5.32 Å². The minimum Gasteiger partial charge on any atom is -0.441 e. The van der Waals surface area contributed by atoms with Gasteiger partial charge in [0, 0.05) is 37.6 Å². The summed E-state index contributed by atoms with van der Waals surface area (Å²) in [4.78, 5) is 25.2. The largest absolute Gasteiger partial charge is 0.441 e. The van der Waals surface area contributed by atoms with Crippen LogP contribution in [-0.2, 0) is 6.54 Å². The fourth-order valence-electron chi connectivity index (χ4n) is 2.75. The zero-order valence-corrected chi connectivity index (χ0v) is 14.4. The molecular weight excluding hydrogens is 330 g/mol. The number of imidazole rings is 1. The number of carbonyl (C=O) groups is 1. The minimum absolute atomic E-state index is 0.171. The molecule has 3 heterocycles. The number of fused-ring (bicyclic) bond motifs is 1. The predicted octanol–water partition coefficient (Wildman–Crippen LogP) is 2.96. The molecule has 3 aromatic heterocycles. The number of aromatic nitrogens is 4. The molecule has 1 amide bonds. The predicted molar refractivity (Wildman–Crippen MR) is 96.0 cm³/mol. The van der Waals surface area contributed by atoms with Crippen molar-refractivity contribution in [3.8, 4) is 5.82 Å². The third-order valence-corrected chi connectivity index (χ3v) is 4.09. The van der Waals surface area contributed by atoms with Crippen molar-refractivity contribution < 1.29 is 9.21 Å². The van der Waals surface area contributed by atoms with Gasteiger partial charge in [-0.3, -0.25) is 9.36 Å². The summed E-state index contributed by atoms with van der Waals surface area (Å²) in [5.74, 6) is 2.07. The van der Waals surface area contributed by atoms with Gasteiger partial charge in [0.1, 0.15) is 17.2 Å². The van der Waals surface area contributed by atoms with Gasteiger partial charge < -0.3 is 9.73 Å². The molecule has 4 rings (SSSR count). The van der Waals surface area contributed by atoms with Gasteiger partial charge in [0.2, 0.25) is 0 Å². The minimum atomic E-state index is -0.171. The summed E-state index contributed by atoms with van der Waals surface area (Å²) in [6.07, 6.45) is 5.34. The number of benzene rings is 1. The zero-order valence-electron chi connectivity index (χ0n) is 14.4. The molecule has 0 saturated carbocycles. The highest BCUT2D eigenvalue weighted by Gasteiger charge is 2.10. The summed E-state index contributed by atoms with van der Waals surface area (Å²) in [7, 11) is 0. The first-order chi connectivity index (χ1) is 12.6. The molecule has 130 valence electrons. The molecule has 26 heavy (non-hydrogen) atoms. The number of hydrogen-bond acceptors (Lipinski definition) is 5. The highest BCUT2D eigenvalue weighted by molar-refractivity contribution is 5.96.